The molecule has 4 fully saturated rings. The van der Waals surface area contributed by atoms with Crippen molar-refractivity contribution in [3.63, 3.8) is 0 Å². The lowest BCUT2D eigenvalue weighted by Gasteiger charge is -2.61. The van der Waals surface area contributed by atoms with Gasteiger partial charge in [0.2, 0.25) is 0 Å². The van der Waals surface area contributed by atoms with E-state index in [1.165, 1.54) is 7.11 Å². The monoisotopic (exact) mass is 468 g/mol. The first-order valence-corrected chi connectivity index (χ1v) is 12.3. The molecule has 0 saturated heterocycles. The Hall–Kier alpha value is -1.14. The number of hydrogen-bond acceptors (Lipinski definition) is 6. The molecule has 0 aromatic carbocycles. The number of halogens is 1. The fourth-order valence-corrected chi connectivity index (χ4v) is 7.86. The van der Waals surface area contributed by atoms with E-state index in [0.29, 0.717) is 30.1 Å². The summed E-state index contributed by atoms with van der Waals surface area (Å²) in [5.41, 5.74) is 1.02. The first-order chi connectivity index (χ1) is 14.8. The van der Waals surface area contributed by atoms with Crippen molar-refractivity contribution in [2.24, 2.45) is 45.6 Å². The largest absolute Gasteiger partial charge is 0.469 e. The van der Waals surface area contributed by atoms with Crippen LogP contribution in [0.25, 0.3) is 0 Å². The van der Waals surface area contributed by atoms with Crippen LogP contribution < -0.4 is 5.32 Å². The van der Waals surface area contributed by atoms with E-state index in [1.807, 2.05) is 7.05 Å². The molecule has 4 rings (SSSR count). The summed E-state index contributed by atoms with van der Waals surface area (Å²) >= 11 is 0. The van der Waals surface area contributed by atoms with Gasteiger partial charge in [0.15, 0.2) is 0 Å². The summed E-state index contributed by atoms with van der Waals surface area (Å²) in [5.74, 6) is 1.97. The van der Waals surface area contributed by atoms with Gasteiger partial charge in [0.1, 0.15) is 12.4 Å². The van der Waals surface area contributed by atoms with Gasteiger partial charge in [0, 0.05) is 11.8 Å². The molecular weight excluding hydrogens is 428 g/mol. The van der Waals surface area contributed by atoms with E-state index in [-0.39, 0.29) is 41.0 Å². The number of ether oxygens (including phenoxy) is 1. The Morgan fingerprint density at radius 3 is 2.66 bits per heavy atom. The van der Waals surface area contributed by atoms with Crippen LogP contribution in [0.5, 0.6) is 0 Å². The van der Waals surface area contributed by atoms with Crippen LogP contribution in [-0.2, 0) is 19.2 Å². The van der Waals surface area contributed by atoms with Gasteiger partial charge in [-0.2, -0.15) is 0 Å². The molecule has 1 N–H and O–H groups in total. The summed E-state index contributed by atoms with van der Waals surface area (Å²) in [6.07, 6.45) is 8.44. The van der Waals surface area contributed by atoms with Gasteiger partial charge in [-0.05, 0) is 94.0 Å². The number of methoxy groups -OCH3 is 1. The summed E-state index contributed by atoms with van der Waals surface area (Å²) in [6.45, 7) is 6.14. The molecule has 0 radical (unpaired) electrons. The minimum absolute atomic E-state index is 0. The maximum absolute atomic E-state index is 12.9. The zero-order valence-corrected chi connectivity index (χ0v) is 21.0. The molecule has 4 aliphatic rings. The highest BCUT2D eigenvalue weighted by atomic mass is 35.5. The second kappa shape index (κ2) is 10.0. The predicted octanol–water partition coefficient (Wildman–Crippen LogP) is 4.40. The molecule has 7 heteroatoms. The number of oxime groups is 1. The molecule has 0 heterocycles. The zero-order valence-electron chi connectivity index (χ0n) is 20.2. The predicted molar refractivity (Wildman–Crippen MR) is 127 cm³/mol. The fraction of sp³-hybridized carbons (Fsp3) is 0.880. The van der Waals surface area contributed by atoms with Gasteiger partial charge in [-0.15, -0.1) is 12.4 Å². The molecule has 0 aromatic heterocycles. The van der Waals surface area contributed by atoms with E-state index < -0.39 is 0 Å². The summed E-state index contributed by atoms with van der Waals surface area (Å²) in [5, 5.41) is 7.59. The zero-order chi connectivity index (χ0) is 22.2. The number of hydrogen-bond donors (Lipinski definition) is 1. The third kappa shape index (κ3) is 4.22. The Bertz CT molecular complexity index is 743. The molecular formula is C25H41ClN2O4. The van der Waals surface area contributed by atoms with Gasteiger partial charge in [0.05, 0.1) is 18.7 Å². The molecule has 4 aliphatic carbocycles. The molecule has 1 unspecified atom stereocenters. The van der Waals surface area contributed by atoms with Gasteiger partial charge >= 0.3 is 5.97 Å². The highest BCUT2D eigenvalue weighted by Gasteiger charge is 2.63. The van der Waals surface area contributed by atoms with Gasteiger partial charge in [-0.1, -0.05) is 19.0 Å². The van der Waals surface area contributed by atoms with Crippen LogP contribution in [0.15, 0.2) is 5.16 Å². The highest BCUT2D eigenvalue weighted by molar-refractivity contribution is 5.88. The maximum atomic E-state index is 12.9. The first kappa shape index (κ1) is 25.5. The topological polar surface area (TPSA) is 77.0 Å². The highest BCUT2D eigenvalue weighted by Crippen LogP contribution is 2.66. The van der Waals surface area contributed by atoms with Crippen molar-refractivity contribution in [2.75, 3.05) is 27.3 Å². The molecule has 32 heavy (non-hydrogen) atoms. The van der Waals surface area contributed by atoms with Crippen molar-refractivity contribution in [1.82, 2.24) is 5.32 Å². The molecule has 0 amide bonds. The lowest BCUT2D eigenvalue weighted by molar-refractivity contribution is -0.167. The normalized spacial score (nSPS) is 41.8. The van der Waals surface area contributed by atoms with Crippen molar-refractivity contribution in [2.45, 2.75) is 71.6 Å². The van der Waals surface area contributed by atoms with Crippen molar-refractivity contribution in [3.05, 3.63) is 0 Å². The smallest absolute Gasteiger partial charge is 0.308 e. The summed E-state index contributed by atoms with van der Waals surface area (Å²) in [4.78, 5) is 31.3. The number of esters is 1. The fourth-order valence-electron chi connectivity index (χ4n) is 7.86. The minimum atomic E-state index is -0.173. The van der Waals surface area contributed by atoms with E-state index in [2.05, 4.69) is 24.3 Å². The molecule has 0 aromatic rings. The number of fused-ring (bicyclic) bond motifs is 5. The van der Waals surface area contributed by atoms with Crippen molar-refractivity contribution >= 4 is 29.9 Å². The van der Waals surface area contributed by atoms with Gasteiger partial charge in [0.25, 0.3) is 0 Å². The second-order valence-corrected chi connectivity index (χ2v) is 10.9. The van der Waals surface area contributed by atoms with Crippen molar-refractivity contribution in [3.8, 4) is 0 Å². The van der Waals surface area contributed by atoms with Gasteiger partial charge in [-0.3, -0.25) is 9.59 Å². The molecule has 182 valence electrons. The Kier molecular flexibility index (Phi) is 7.97. The molecule has 4 saturated carbocycles. The number of ketones is 1. The number of nitrogens with zero attached hydrogens (tertiary/aromatic N) is 1. The lowest BCUT2D eigenvalue weighted by Crippen LogP contribution is -2.57. The minimum Gasteiger partial charge on any atom is -0.469 e. The third-order valence-corrected chi connectivity index (χ3v) is 9.62. The maximum Gasteiger partial charge on any atom is 0.308 e. The Balaban J connectivity index is 0.00000289. The Morgan fingerprint density at radius 2 is 1.94 bits per heavy atom. The van der Waals surface area contributed by atoms with Crippen LogP contribution in [0.1, 0.15) is 71.6 Å². The van der Waals surface area contributed by atoms with Gasteiger partial charge in [-0.25, -0.2) is 0 Å². The summed E-state index contributed by atoms with van der Waals surface area (Å²) in [6, 6.07) is 0. The summed E-state index contributed by atoms with van der Waals surface area (Å²) in [7, 11) is 3.45. The van der Waals surface area contributed by atoms with Crippen LogP contribution in [0.4, 0.5) is 0 Å². The number of rotatable bonds is 6. The van der Waals surface area contributed by atoms with Crippen LogP contribution in [0.3, 0.4) is 0 Å². The average molecular weight is 469 g/mol. The van der Waals surface area contributed by atoms with E-state index in [4.69, 9.17) is 9.57 Å². The molecule has 6 nitrogen and oxygen atoms in total. The van der Waals surface area contributed by atoms with Crippen LogP contribution in [-0.4, -0.2) is 44.8 Å². The molecule has 0 bridgehead atoms. The molecule has 0 aliphatic heterocycles. The first-order valence-electron chi connectivity index (χ1n) is 12.3. The SMILES string of the molecule is CNCCCON=C1CC[C@@]2(C)C(C1)[C@@H](C(=O)OC)C[C@@H]1[C@@H]2CC[C@]2(C)C(=O)CC[C@@H]12.Cl. The number of carbonyl (C=O) groups is 2. The number of Topliss-reactive ketones (excluding diaryl/α,β-unsaturated/α-hetero) is 1. The lowest BCUT2D eigenvalue weighted by atomic mass is 9.43. The van der Waals surface area contributed by atoms with E-state index in [0.717, 1.165) is 70.0 Å². The van der Waals surface area contributed by atoms with E-state index in [1.54, 1.807) is 0 Å². The van der Waals surface area contributed by atoms with Crippen LogP contribution >= 0.6 is 12.4 Å². The van der Waals surface area contributed by atoms with Crippen molar-refractivity contribution in [1.29, 1.82) is 0 Å². The molecule has 0 spiro atoms. The number of carbonyl (C=O) groups excluding carboxylic acids is 2. The van der Waals surface area contributed by atoms with Crippen LogP contribution in [0, 0.1) is 40.4 Å². The number of nitrogens with one attached hydrogen (secondary N) is 1. The van der Waals surface area contributed by atoms with E-state index in [9.17, 15) is 9.59 Å². The van der Waals surface area contributed by atoms with Gasteiger partial charge < -0.3 is 14.9 Å². The van der Waals surface area contributed by atoms with Crippen LogP contribution in [0.2, 0.25) is 0 Å². The standard InChI is InChI=1S/C25H40N2O4.ClH/c1-24-10-8-16(27-31-13-5-12-26-3)14-21(24)18(23(29)30-4)15-17-19-6-7-22(28)25(19,2)11-9-20(17)24;/h17-21,26H,5-15H2,1-4H3;1H/t17-,18-,19-,20-,21?,24+,25-;/m0./s1. The third-order valence-electron chi connectivity index (χ3n) is 9.62. The van der Waals surface area contributed by atoms with Crippen molar-refractivity contribution < 1.29 is 19.2 Å². The van der Waals surface area contributed by atoms with E-state index >= 15 is 0 Å². The molecule has 7 atom stereocenters. The quantitative estimate of drug-likeness (QED) is 0.355. The second-order valence-electron chi connectivity index (χ2n) is 10.9. The average Bonchev–Trinajstić information content (AvgIpc) is 3.07. The Labute approximate surface area is 199 Å². The Morgan fingerprint density at radius 1 is 1.16 bits per heavy atom. The summed E-state index contributed by atoms with van der Waals surface area (Å²) < 4.78 is 5.30.